The predicted molar refractivity (Wildman–Crippen MR) is 104 cm³/mol. The number of benzene rings is 1. The molecule has 0 fully saturated rings. The smallest absolute Gasteiger partial charge is 0.263 e. The Kier molecular flexibility index (Phi) is 7.00. The summed E-state index contributed by atoms with van der Waals surface area (Å²) in [6, 6.07) is 8.04. The van der Waals surface area contributed by atoms with Gasteiger partial charge >= 0.3 is 0 Å². The molecule has 0 saturated carbocycles. The normalized spacial score (nSPS) is 11.2. The van der Waals surface area contributed by atoms with Crippen LogP contribution in [0.15, 0.2) is 24.3 Å². The molecule has 0 atom stereocenters. The van der Waals surface area contributed by atoms with E-state index in [9.17, 15) is 4.79 Å². The topological polar surface area (TPSA) is 51.2 Å². The van der Waals surface area contributed by atoms with Gasteiger partial charge in [0.15, 0.2) is 0 Å². The minimum absolute atomic E-state index is 0.0234. The van der Waals surface area contributed by atoms with Crippen molar-refractivity contribution in [1.82, 2.24) is 10.3 Å². The minimum atomic E-state index is -0.0234. The van der Waals surface area contributed by atoms with Crippen LogP contribution in [-0.4, -0.2) is 23.5 Å². The second kappa shape index (κ2) is 8.99. The molecule has 25 heavy (non-hydrogen) atoms. The molecule has 1 amide bonds. The number of amides is 1. The number of nitrogens with one attached hydrogen (secondary N) is 1. The van der Waals surface area contributed by atoms with Gasteiger partial charge in [0.25, 0.3) is 5.91 Å². The molecular weight excluding hydrogens is 332 g/mol. The maximum atomic E-state index is 12.4. The fourth-order valence-corrected chi connectivity index (χ4v) is 3.70. The van der Waals surface area contributed by atoms with E-state index in [1.807, 2.05) is 45.0 Å². The maximum absolute atomic E-state index is 12.4. The van der Waals surface area contributed by atoms with Gasteiger partial charge in [0.05, 0.1) is 16.8 Å². The lowest BCUT2D eigenvalue weighted by atomic mass is 10.1. The molecule has 0 aliphatic carbocycles. The summed E-state index contributed by atoms with van der Waals surface area (Å²) < 4.78 is 5.64. The maximum Gasteiger partial charge on any atom is 0.263 e. The van der Waals surface area contributed by atoms with Crippen LogP contribution in [0.4, 0.5) is 0 Å². The summed E-state index contributed by atoms with van der Waals surface area (Å²) in [4.78, 5) is 17.6. The predicted octanol–water partition coefficient (Wildman–Crippen LogP) is 4.41. The van der Waals surface area contributed by atoms with Gasteiger partial charge in [-0.05, 0) is 50.8 Å². The highest BCUT2D eigenvalue weighted by Gasteiger charge is 2.15. The molecule has 0 aliphatic heterocycles. The van der Waals surface area contributed by atoms with E-state index in [1.165, 1.54) is 16.9 Å². The third kappa shape index (κ3) is 6.16. The molecule has 136 valence electrons. The standard InChI is InChI=1S/C20H28N2O2S/c1-13(2)12-18-22-15(5)19(25-18)20(23)21-11-10-16-6-8-17(9-7-16)24-14(3)4/h6-9,13-14H,10-12H2,1-5H3,(H,21,23). The Labute approximate surface area is 154 Å². The van der Waals surface area contributed by atoms with Gasteiger partial charge < -0.3 is 10.1 Å². The van der Waals surface area contributed by atoms with Crippen molar-refractivity contribution in [2.24, 2.45) is 5.92 Å². The van der Waals surface area contributed by atoms with Crippen molar-refractivity contribution >= 4 is 17.2 Å². The lowest BCUT2D eigenvalue weighted by Crippen LogP contribution is -2.25. The Morgan fingerprint density at radius 3 is 2.48 bits per heavy atom. The molecule has 0 spiro atoms. The SMILES string of the molecule is Cc1nc(CC(C)C)sc1C(=O)NCCc1ccc(OC(C)C)cc1. The van der Waals surface area contributed by atoms with Gasteiger partial charge in [-0.2, -0.15) is 0 Å². The Bertz CT molecular complexity index is 690. The zero-order valence-electron chi connectivity index (χ0n) is 15.8. The first-order chi connectivity index (χ1) is 11.8. The summed E-state index contributed by atoms with van der Waals surface area (Å²) in [7, 11) is 0. The van der Waals surface area contributed by atoms with Gasteiger partial charge in [-0.15, -0.1) is 11.3 Å². The van der Waals surface area contributed by atoms with Gasteiger partial charge in [0.1, 0.15) is 10.6 Å². The van der Waals surface area contributed by atoms with Crippen LogP contribution >= 0.6 is 11.3 Å². The van der Waals surface area contributed by atoms with Crippen molar-refractivity contribution in [3.63, 3.8) is 0 Å². The van der Waals surface area contributed by atoms with Crippen molar-refractivity contribution < 1.29 is 9.53 Å². The van der Waals surface area contributed by atoms with Crippen LogP contribution in [-0.2, 0) is 12.8 Å². The molecular formula is C20H28N2O2S. The fraction of sp³-hybridized carbons (Fsp3) is 0.500. The van der Waals surface area contributed by atoms with Gasteiger partial charge in [-0.3, -0.25) is 4.79 Å². The van der Waals surface area contributed by atoms with E-state index in [0.29, 0.717) is 12.5 Å². The van der Waals surface area contributed by atoms with Gasteiger partial charge in [-0.25, -0.2) is 4.98 Å². The zero-order chi connectivity index (χ0) is 18.4. The molecule has 1 aromatic heterocycles. The first-order valence-electron chi connectivity index (χ1n) is 8.85. The zero-order valence-corrected chi connectivity index (χ0v) is 16.6. The molecule has 1 N–H and O–H groups in total. The van der Waals surface area contributed by atoms with Crippen LogP contribution < -0.4 is 10.1 Å². The molecule has 1 aromatic carbocycles. The van der Waals surface area contributed by atoms with E-state index in [4.69, 9.17) is 4.74 Å². The van der Waals surface area contributed by atoms with E-state index in [1.54, 1.807) is 0 Å². The molecule has 0 radical (unpaired) electrons. The lowest BCUT2D eigenvalue weighted by Gasteiger charge is -2.10. The molecule has 0 bridgehead atoms. The summed E-state index contributed by atoms with van der Waals surface area (Å²) in [6.07, 6.45) is 1.89. The summed E-state index contributed by atoms with van der Waals surface area (Å²) in [5.41, 5.74) is 2.01. The van der Waals surface area contributed by atoms with E-state index in [2.05, 4.69) is 24.1 Å². The van der Waals surface area contributed by atoms with Crippen molar-refractivity contribution in [3.8, 4) is 5.75 Å². The number of aryl methyl sites for hydroxylation is 1. The Morgan fingerprint density at radius 1 is 1.20 bits per heavy atom. The summed E-state index contributed by atoms with van der Waals surface area (Å²) in [5.74, 6) is 1.40. The second-order valence-corrected chi connectivity index (χ2v) is 8.02. The Balaban J connectivity index is 1.85. The lowest BCUT2D eigenvalue weighted by molar-refractivity contribution is 0.0957. The van der Waals surface area contributed by atoms with E-state index in [0.717, 1.165) is 34.2 Å². The highest BCUT2D eigenvalue weighted by atomic mass is 32.1. The molecule has 0 aliphatic rings. The molecule has 2 aromatic rings. The van der Waals surface area contributed by atoms with Crippen LogP contribution in [0, 0.1) is 12.8 Å². The minimum Gasteiger partial charge on any atom is -0.491 e. The summed E-state index contributed by atoms with van der Waals surface area (Å²) in [6.45, 7) is 10.9. The number of hydrogen-bond donors (Lipinski definition) is 1. The third-order valence-electron chi connectivity index (χ3n) is 3.62. The second-order valence-electron chi connectivity index (χ2n) is 6.94. The molecule has 1 heterocycles. The fourth-order valence-electron chi connectivity index (χ4n) is 2.51. The average Bonchev–Trinajstić information content (AvgIpc) is 2.88. The van der Waals surface area contributed by atoms with E-state index < -0.39 is 0 Å². The van der Waals surface area contributed by atoms with Crippen molar-refractivity contribution in [2.75, 3.05) is 6.54 Å². The van der Waals surface area contributed by atoms with Crippen molar-refractivity contribution in [2.45, 2.75) is 53.6 Å². The number of aromatic nitrogens is 1. The van der Waals surface area contributed by atoms with Crippen LogP contribution in [0.5, 0.6) is 5.75 Å². The summed E-state index contributed by atoms with van der Waals surface area (Å²) >= 11 is 1.51. The highest BCUT2D eigenvalue weighted by Crippen LogP contribution is 2.20. The number of carbonyl (C=O) groups is 1. The molecule has 0 unspecified atom stereocenters. The first kappa shape index (κ1) is 19.4. The van der Waals surface area contributed by atoms with Crippen molar-refractivity contribution in [3.05, 3.63) is 45.4 Å². The van der Waals surface area contributed by atoms with Crippen molar-refractivity contribution in [1.29, 1.82) is 0 Å². The van der Waals surface area contributed by atoms with Gasteiger partial charge in [-0.1, -0.05) is 26.0 Å². The number of hydrogen-bond acceptors (Lipinski definition) is 4. The van der Waals surface area contributed by atoms with E-state index in [-0.39, 0.29) is 12.0 Å². The van der Waals surface area contributed by atoms with Crippen LogP contribution in [0.3, 0.4) is 0 Å². The highest BCUT2D eigenvalue weighted by molar-refractivity contribution is 7.13. The number of carbonyl (C=O) groups excluding carboxylic acids is 1. The number of nitrogens with zero attached hydrogens (tertiary/aromatic N) is 1. The molecule has 2 rings (SSSR count). The van der Waals surface area contributed by atoms with Gasteiger partial charge in [0, 0.05) is 13.0 Å². The van der Waals surface area contributed by atoms with Crippen LogP contribution in [0.2, 0.25) is 0 Å². The quantitative estimate of drug-likeness (QED) is 0.758. The van der Waals surface area contributed by atoms with E-state index >= 15 is 0 Å². The Hall–Kier alpha value is -1.88. The molecule has 5 heteroatoms. The number of rotatable bonds is 8. The summed E-state index contributed by atoms with van der Waals surface area (Å²) in [5, 5.41) is 4.04. The average molecular weight is 361 g/mol. The molecule has 0 saturated heterocycles. The third-order valence-corrected chi connectivity index (χ3v) is 4.80. The largest absolute Gasteiger partial charge is 0.491 e. The first-order valence-corrected chi connectivity index (χ1v) is 9.67. The van der Waals surface area contributed by atoms with Crippen LogP contribution in [0.1, 0.15) is 53.6 Å². The number of thiazole rings is 1. The number of ether oxygens (including phenoxy) is 1. The Morgan fingerprint density at radius 2 is 1.88 bits per heavy atom. The monoisotopic (exact) mass is 360 g/mol. The van der Waals surface area contributed by atoms with Crippen LogP contribution in [0.25, 0.3) is 0 Å². The molecule has 4 nitrogen and oxygen atoms in total. The van der Waals surface area contributed by atoms with Gasteiger partial charge in [0.2, 0.25) is 0 Å².